The standard InChI is InChI=1S/C17H16ClNO/c18-16-13-15(14-7-3-1-4-8-14)9-10-17(16)20-12-6-2-5-11-19/h1,3-4,7-10,13H,2,5-6,12H2. The molecular weight excluding hydrogens is 270 g/mol. The van der Waals surface area contributed by atoms with Crippen molar-refractivity contribution in [3.8, 4) is 22.9 Å². The molecule has 0 aromatic heterocycles. The van der Waals surface area contributed by atoms with Crippen molar-refractivity contribution in [2.24, 2.45) is 0 Å². The maximum atomic E-state index is 8.45. The number of hydrogen-bond acceptors (Lipinski definition) is 2. The average molecular weight is 286 g/mol. The molecule has 0 radical (unpaired) electrons. The van der Waals surface area contributed by atoms with Crippen molar-refractivity contribution >= 4 is 11.6 Å². The summed E-state index contributed by atoms with van der Waals surface area (Å²) in [6.45, 7) is 0.589. The van der Waals surface area contributed by atoms with Crippen molar-refractivity contribution in [1.82, 2.24) is 0 Å². The molecule has 2 nitrogen and oxygen atoms in total. The first kappa shape index (κ1) is 14.4. The highest BCUT2D eigenvalue weighted by Crippen LogP contribution is 2.30. The second kappa shape index (κ2) is 7.57. The van der Waals surface area contributed by atoms with Crippen LogP contribution in [0, 0.1) is 11.3 Å². The number of halogens is 1. The average Bonchev–Trinajstić information content (AvgIpc) is 2.49. The lowest BCUT2D eigenvalue weighted by Crippen LogP contribution is -1.97. The summed E-state index contributed by atoms with van der Waals surface area (Å²) in [4.78, 5) is 0. The molecule has 0 aliphatic rings. The number of ether oxygens (including phenoxy) is 1. The van der Waals surface area contributed by atoms with Crippen molar-refractivity contribution in [1.29, 1.82) is 5.26 Å². The molecule has 20 heavy (non-hydrogen) atoms. The molecule has 0 aliphatic heterocycles. The second-order valence-corrected chi connectivity index (χ2v) is 4.88. The zero-order chi connectivity index (χ0) is 14.2. The van der Waals surface area contributed by atoms with E-state index >= 15 is 0 Å². The fourth-order valence-electron chi connectivity index (χ4n) is 1.92. The topological polar surface area (TPSA) is 33.0 Å². The van der Waals surface area contributed by atoms with Gasteiger partial charge in [0.25, 0.3) is 0 Å². The van der Waals surface area contributed by atoms with Gasteiger partial charge in [0.2, 0.25) is 0 Å². The summed E-state index contributed by atoms with van der Waals surface area (Å²) in [5.41, 5.74) is 2.21. The molecule has 0 saturated heterocycles. The van der Waals surface area contributed by atoms with Gasteiger partial charge in [0.1, 0.15) is 5.75 Å². The van der Waals surface area contributed by atoms with Crippen LogP contribution in [0.5, 0.6) is 5.75 Å². The van der Waals surface area contributed by atoms with Gasteiger partial charge in [-0.3, -0.25) is 0 Å². The zero-order valence-corrected chi connectivity index (χ0v) is 11.9. The van der Waals surface area contributed by atoms with E-state index in [9.17, 15) is 0 Å². The minimum Gasteiger partial charge on any atom is -0.492 e. The Bertz CT molecular complexity index is 590. The number of rotatable bonds is 6. The summed E-state index contributed by atoms with van der Waals surface area (Å²) >= 11 is 6.24. The van der Waals surface area contributed by atoms with Gasteiger partial charge in [0.05, 0.1) is 17.7 Å². The van der Waals surface area contributed by atoms with E-state index in [2.05, 4.69) is 6.07 Å². The smallest absolute Gasteiger partial charge is 0.137 e. The first-order valence-corrected chi connectivity index (χ1v) is 7.04. The zero-order valence-electron chi connectivity index (χ0n) is 11.2. The monoisotopic (exact) mass is 285 g/mol. The molecular formula is C17H16ClNO. The van der Waals surface area contributed by atoms with Crippen LogP contribution >= 0.6 is 11.6 Å². The van der Waals surface area contributed by atoms with Crippen molar-refractivity contribution < 1.29 is 4.74 Å². The van der Waals surface area contributed by atoms with Crippen LogP contribution in [0.1, 0.15) is 19.3 Å². The number of benzene rings is 2. The maximum Gasteiger partial charge on any atom is 0.137 e. The highest BCUT2D eigenvalue weighted by atomic mass is 35.5. The second-order valence-electron chi connectivity index (χ2n) is 4.47. The van der Waals surface area contributed by atoms with Crippen molar-refractivity contribution in [2.45, 2.75) is 19.3 Å². The predicted octanol–water partition coefficient (Wildman–Crippen LogP) is 5.08. The molecule has 0 unspecified atom stereocenters. The number of nitrogens with zero attached hydrogens (tertiary/aromatic N) is 1. The first-order chi connectivity index (χ1) is 9.81. The molecule has 2 rings (SSSR count). The fourth-order valence-corrected chi connectivity index (χ4v) is 2.15. The van der Waals surface area contributed by atoms with Crippen LogP contribution in [-0.4, -0.2) is 6.61 Å². The first-order valence-electron chi connectivity index (χ1n) is 6.66. The Balaban J connectivity index is 1.98. The lowest BCUT2D eigenvalue weighted by molar-refractivity contribution is 0.308. The van der Waals surface area contributed by atoms with Gasteiger partial charge in [-0.15, -0.1) is 0 Å². The minimum absolute atomic E-state index is 0.573. The summed E-state index contributed by atoms with van der Waals surface area (Å²) in [5.74, 6) is 0.698. The highest BCUT2D eigenvalue weighted by molar-refractivity contribution is 6.32. The quantitative estimate of drug-likeness (QED) is 0.693. The Kier molecular flexibility index (Phi) is 5.46. The number of unbranched alkanes of at least 4 members (excludes halogenated alkanes) is 2. The lowest BCUT2D eigenvalue weighted by Gasteiger charge is -2.09. The minimum atomic E-state index is 0.573. The van der Waals surface area contributed by atoms with Gasteiger partial charge < -0.3 is 4.74 Å². The van der Waals surface area contributed by atoms with E-state index in [0.717, 1.165) is 24.0 Å². The molecule has 0 spiro atoms. The Morgan fingerprint density at radius 3 is 2.50 bits per heavy atom. The molecule has 0 fully saturated rings. The molecule has 0 atom stereocenters. The van der Waals surface area contributed by atoms with E-state index in [1.54, 1.807) is 0 Å². The number of nitriles is 1. The van der Waals surface area contributed by atoms with Gasteiger partial charge in [-0.05, 0) is 36.1 Å². The molecule has 0 N–H and O–H groups in total. The van der Waals surface area contributed by atoms with E-state index in [1.807, 2.05) is 48.5 Å². The van der Waals surface area contributed by atoms with Crippen LogP contribution in [0.25, 0.3) is 11.1 Å². The van der Waals surface area contributed by atoms with E-state index < -0.39 is 0 Å². The van der Waals surface area contributed by atoms with Crippen molar-refractivity contribution in [3.63, 3.8) is 0 Å². The molecule has 2 aromatic carbocycles. The van der Waals surface area contributed by atoms with Crippen LogP contribution in [-0.2, 0) is 0 Å². The van der Waals surface area contributed by atoms with Gasteiger partial charge in [0.15, 0.2) is 0 Å². The van der Waals surface area contributed by atoms with Gasteiger partial charge in [-0.25, -0.2) is 0 Å². The molecule has 0 amide bonds. The van der Waals surface area contributed by atoms with E-state index in [4.69, 9.17) is 21.6 Å². The molecule has 0 bridgehead atoms. The van der Waals surface area contributed by atoms with Crippen LogP contribution in [0.15, 0.2) is 48.5 Å². The van der Waals surface area contributed by atoms with E-state index in [1.165, 1.54) is 0 Å². The predicted molar refractivity (Wildman–Crippen MR) is 81.8 cm³/mol. The van der Waals surface area contributed by atoms with Crippen molar-refractivity contribution in [3.05, 3.63) is 53.6 Å². The number of hydrogen-bond donors (Lipinski definition) is 0. The Morgan fingerprint density at radius 2 is 1.80 bits per heavy atom. The Morgan fingerprint density at radius 1 is 1.00 bits per heavy atom. The SMILES string of the molecule is N#CCCCCOc1ccc(-c2ccccc2)cc1Cl. The summed E-state index contributed by atoms with van der Waals surface area (Å²) in [6.07, 6.45) is 2.30. The largest absolute Gasteiger partial charge is 0.492 e. The third-order valence-corrected chi connectivity index (χ3v) is 3.27. The normalized spacial score (nSPS) is 10.0. The highest BCUT2D eigenvalue weighted by Gasteiger charge is 2.04. The Labute approximate surface area is 124 Å². The third-order valence-electron chi connectivity index (χ3n) is 2.98. The van der Waals surface area contributed by atoms with Crippen LogP contribution in [0.2, 0.25) is 5.02 Å². The molecule has 3 heteroatoms. The van der Waals surface area contributed by atoms with Gasteiger partial charge in [-0.2, -0.15) is 5.26 Å². The summed E-state index contributed by atoms with van der Waals surface area (Å²) in [5, 5.41) is 9.07. The van der Waals surface area contributed by atoms with Gasteiger partial charge >= 0.3 is 0 Å². The summed E-state index contributed by atoms with van der Waals surface area (Å²) < 4.78 is 5.63. The van der Waals surface area contributed by atoms with Crippen molar-refractivity contribution in [2.75, 3.05) is 6.61 Å². The molecule has 0 heterocycles. The van der Waals surface area contributed by atoms with Gasteiger partial charge in [0, 0.05) is 6.42 Å². The molecule has 102 valence electrons. The fraction of sp³-hybridized carbons (Fsp3) is 0.235. The molecule has 2 aromatic rings. The third kappa shape index (κ3) is 4.01. The van der Waals surface area contributed by atoms with Gasteiger partial charge in [-0.1, -0.05) is 48.0 Å². The maximum absolute atomic E-state index is 8.45. The van der Waals surface area contributed by atoms with Crippen LogP contribution in [0.4, 0.5) is 0 Å². The van der Waals surface area contributed by atoms with E-state index in [0.29, 0.717) is 23.8 Å². The summed E-state index contributed by atoms with van der Waals surface area (Å²) in [6, 6.07) is 18.0. The van der Waals surface area contributed by atoms with Crippen LogP contribution in [0.3, 0.4) is 0 Å². The Hall–Kier alpha value is -1.98. The van der Waals surface area contributed by atoms with E-state index in [-0.39, 0.29) is 0 Å². The van der Waals surface area contributed by atoms with Crippen LogP contribution < -0.4 is 4.74 Å². The lowest BCUT2D eigenvalue weighted by atomic mass is 10.1. The molecule has 0 saturated carbocycles. The summed E-state index contributed by atoms with van der Waals surface area (Å²) in [7, 11) is 0. The molecule has 0 aliphatic carbocycles.